The minimum absolute atomic E-state index is 0.0515. The van der Waals surface area contributed by atoms with Gasteiger partial charge in [-0.3, -0.25) is 14.4 Å². The van der Waals surface area contributed by atoms with Gasteiger partial charge in [0.15, 0.2) is 5.76 Å². The van der Waals surface area contributed by atoms with E-state index in [1.165, 1.54) is 6.26 Å². The maximum absolute atomic E-state index is 12.6. The molecule has 7 heteroatoms. The first-order chi connectivity index (χ1) is 12.1. The van der Waals surface area contributed by atoms with Crippen LogP contribution in [-0.2, 0) is 9.59 Å². The van der Waals surface area contributed by atoms with E-state index in [1.807, 2.05) is 13.8 Å². The highest BCUT2D eigenvalue weighted by atomic mass is 16.3. The van der Waals surface area contributed by atoms with E-state index in [4.69, 9.17) is 4.42 Å². The molecule has 0 N–H and O–H groups in total. The van der Waals surface area contributed by atoms with E-state index in [-0.39, 0.29) is 29.6 Å². The highest BCUT2D eigenvalue weighted by molar-refractivity contribution is 5.93. The lowest BCUT2D eigenvalue weighted by Crippen LogP contribution is -2.51. The van der Waals surface area contributed by atoms with Gasteiger partial charge in [-0.15, -0.1) is 0 Å². The Balaban J connectivity index is 1.50. The van der Waals surface area contributed by atoms with Crippen LogP contribution in [0.4, 0.5) is 0 Å². The number of amides is 3. The minimum Gasteiger partial charge on any atom is -0.459 e. The second-order valence-corrected chi connectivity index (χ2v) is 6.55. The maximum atomic E-state index is 12.6. The normalized spacial score (nSPS) is 22.6. The predicted octanol–water partition coefficient (Wildman–Crippen LogP) is 1.07. The second-order valence-electron chi connectivity index (χ2n) is 6.55. The number of carbonyl (C=O) groups is 3. The first kappa shape index (κ1) is 17.5. The zero-order chi connectivity index (χ0) is 18.0. The molecular weight excluding hydrogens is 322 g/mol. The molecule has 7 nitrogen and oxygen atoms in total. The first-order valence-corrected chi connectivity index (χ1v) is 8.97. The van der Waals surface area contributed by atoms with Crippen molar-refractivity contribution in [3.05, 3.63) is 24.2 Å². The van der Waals surface area contributed by atoms with Gasteiger partial charge in [0.05, 0.1) is 18.1 Å². The lowest BCUT2D eigenvalue weighted by atomic mass is 10.2. The van der Waals surface area contributed by atoms with Gasteiger partial charge in [-0.05, 0) is 32.4 Å². The van der Waals surface area contributed by atoms with Crippen molar-refractivity contribution in [1.29, 1.82) is 0 Å². The molecule has 3 amide bonds. The summed E-state index contributed by atoms with van der Waals surface area (Å²) >= 11 is 0. The number of furan rings is 1. The Morgan fingerprint density at radius 1 is 1.08 bits per heavy atom. The van der Waals surface area contributed by atoms with Crippen LogP contribution in [0, 0.1) is 11.8 Å². The third-order valence-corrected chi connectivity index (χ3v) is 5.11. The lowest BCUT2D eigenvalue weighted by molar-refractivity contribution is -0.138. The average Bonchev–Trinajstić information content (AvgIpc) is 3.26. The third-order valence-electron chi connectivity index (χ3n) is 5.11. The summed E-state index contributed by atoms with van der Waals surface area (Å²) in [6, 6.07) is 3.33. The number of rotatable bonds is 5. The highest BCUT2D eigenvalue weighted by Gasteiger charge is 2.50. The van der Waals surface area contributed by atoms with Crippen molar-refractivity contribution in [3.63, 3.8) is 0 Å². The topological polar surface area (TPSA) is 74.1 Å². The molecule has 2 atom stereocenters. The van der Waals surface area contributed by atoms with Crippen molar-refractivity contribution in [2.75, 3.05) is 39.3 Å². The summed E-state index contributed by atoms with van der Waals surface area (Å²) in [7, 11) is 0. The van der Waals surface area contributed by atoms with Crippen LogP contribution in [0.1, 0.15) is 30.8 Å². The Hall–Kier alpha value is -2.31. The molecule has 1 aliphatic heterocycles. The summed E-state index contributed by atoms with van der Waals surface area (Å²) in [6.45, 7) is 7.27. The molecule has 1 aromatic heterocycles. The molecule has 3 rings (SSSR count). The number of nitrogens with zero attached hydrogens (tertiary/aromatic N) is 3. The van der Waals surface area contributed by atoms with Gasteiger partial charge in [0.1, 0.15) is 0 Å². The first-order valence-electron chi connectivity index (χ1n) is 8.97. The van der Waals surface area contributed by atoms with Crippen LogP contribution < -0.4 is 0 Å². The summed E-state index contributed by atoms with van der Waals surface area (Å²) in [5, 5.41) is 0. The summed E-state index contributed by atoms with van der Waals surface area (Å²) in [5.74, 6) is -0.00819. The van der Waals surface area contributed by atoms with Gasteiger partial charge in [-0.1, -0.05) is 0 Å². The monoisotopic (exact) mass is 347 g/mol. The van der Waals surface area contributed by atoms with Gasteiger partial charge >= 0.3 is 0 Å². The molecular formula is C18H25N3O4. The zero-order valence-electron chi connectivity index (χ0n) is 14.8. The molecule has 0 bridgehead atoms. The van der Waals surface area contributed by atoms with Crippen molar-refractivity contribution >= 4 is 17.7 Å². The van der Waals surface area contributed by atoms with E-state index in [0.717, 1.165) is 0 Å². The lowest BCUT2D eigenvalue weighted by Gasteiger charge is -2.34. The molecule has 0 aromatic carbocycles. The maximum Gasteiger partial charge on any atom is 0.289 e. The fraction of sp³-hybridized carbons (Fsp3) is 0.611. The van der Waals surface area contributed by atoms with Crippen molar-refractivity contribution < 1.29 is 18.8 Å². The van der Waals surface area contributed by atoms with Crippen LogP contribution in [0.15, 0.2) is 22.8 Å². The molecule has 1 saturated carbocycles. The van der Waals surface area contributed by atoms with Crippen LogP contribution in [0.25, 0.3) is 0 Å². The molecule has 25 heavy (non-hydrogen) atoms. The largest absolute Gasteiger partial charge is 0.459 e. The molecule has 2 fully saturated rings. The Kier molecular flexibility index (Phi) is 5.11. The minimum atomic E-state index is -0.180. The van der Waals surface area contributed by atoms with E-state index >= 15 is 0 Å². The quantitative estimate of drug-likeness (QED) is 0.798. The standard InChI is InChI=1S/C18H25N3O4/c1-3-19(4-2)16(22)13-12-14(13)17(23)20-7-9-21(10-8-20)18(24)15-6-5-11-25-15/h5-6,11,13-14H,3-4,7-10,12H2,1-2H3. The van der Waals surface area contributed by atoms with Crippen LogP contribution in [-0.4, -0.2) is 71.7 Å². The van der Waals surface area contributed by atoms with Gasteiger partial charge < -0.3 is 19.1 Å². The van der Waals surface area contributed by atoms with E-state index in [2.05, 4.69) is 0 Å². The number of hydrogen-bond acceptors (Lipinski definition) is 4. The summed E-state index contributed by atoms with van der Waals surface area (Å²) in [6.07, 6.45) is 2.13. The second kappa shape index (κ2) is 7.29. The summed E-state index contributed by atoms with van der Waals surface area (Å²) < 4.78 is 5.14. The van der Waals surface area contributed by atoms with Crippen molar-refractivity contribution in [1.82, 2.24) is 14.7 Å². The summed E-state index contributed by atoms with van der Waals surface area (Å²) in [5.41, 5.74) is 0. The fourth-order valence-electron chi connectivity index (χ4n) is 3.43. The van der Waals surface area contributed by atoms with Gasteiger partial charge in [0.25, 0.3) is 5.91 Å². The molecule has 1 aromatic rings. The van der Waals surface area contributed by atoms with Gasteiger partial charge in [0, 0.05) is 39.3 Å². The summed E-state index contributed by atoms with van der Waals surface area (Å²) in [4.78, 5) is 42.5. The Morgan fingerprint density at radius 2 is 1.72 bits per heavy atom. The molecule has 1 saturated heterocycles. The van der Waals surface area contributed by atoms with Gasteiger partial charge in [0.2, 0.25) is 11.8 Å². The predicted molar refractivity (Wildman–Crippen MR) is 90.7 cm³/mol. The third kappa shape index (κ3) is 3.55. The average molecular weight is 347 g/mol. The number of hydrogen-bond donors (Lipinski definition) is 0. The van der Waals surface area contributed by atoms with Crippen LogP contribution in [0.3, 0.4) is 0 Å². The Morgan fingerprint density at radius 3 is 2.28 bits per heavy atom. The molecule has 1 aliphatic carbocycles. The molecule has 0 radical (unpaired) electrons. The molecule has 2 unspecified atom stereocenters. The van der Waals surface area contributed by atoms with E-state index in [0.29, 0.717) is 51.4 Å². The molecule has 2 aliphatic rings. The smallest absolute Gasteiger partial charge is 0.289 e. The Labute approximate surface area is 147 Å². The van der Waals surface area contributed by atoms with Gasteiger partial charge in [-0.25, -0.2) is 0 Å². The van der Waals surface area contributed by atoms with Crippen molar-refractivity contribution in [2.24, 2.45) is 11.8 Å². The number of piperazine rings is 1. The van der Waals surface area contributed by atoms with Crippen molar-refractivity contribution in [2.45, 2.75) is 20.3 Å². The van der Waals surface area contributed by atoms with Crippen LogP contribution in [0.5, 0.6) is 0 Å². The highest BCUT2D eigenvalue weighted by Crippen LogP contribution is 2.41. The van der Waals surface area contributed by atoms with Crippen LogP contribution >= 0.6 is 0 Å². The zero-order valence-corrected chi connectivity index (χ0v) is 14.8. The number of carbonyl (C=O) groups excluding carboxylic acids is 3. The fourth-order valence-corrected chi connectivity index (χ4v) is 3.43. The van der Waals surface area contributed by atoms with E-state index in [1.54, 1.807) is 26.8 Å². The molecule has 0 spiro atoms. The molecule has 2 heterocycles. The van der Waals surface area contributed by atoms with Crippen molar-refractivity contribution in [3.8, 4) is 0 Å². The molecule has 136 valence electrons. The SMILES string of the molecule is CCN(CC)C(=O)C1CC1C(=O)N1CCN(C(=O)c2ccco2)CC1. The van der Waals surface area contributed by atoms with E-state index < -0.39 is 0 Å². The Bertz CT molecular complexity index is 631. The van der Waals surface area contributed by atoms with Crippen LogP contribution in [0.2, 0.25) is 0 Å². The van der Waals surface area contributed by atoms with Gasteiger partial charge in [-0.2, -0.15) is 0 Å². The van der Waals surface area contributed by atoms with E-state index in [9.17, 15) is 14.4 Å².